The van der Waals surface area contributed by atoms with Crippen molar-refractivity contribution in [3.8, 4) is 0 Å². The molecule has 7 aromatic carbocycles. The van der Waals surface area contributed by atoms with E-state index in [1.807, 2.05) is 6.07 Å². The van der Waals surface area contributed by atoms with Gasteiger partial charge in [-0.3, -0.25) is 18.4 Å². The van der Waals surface area contributed by atoms with E-state index in [0.717, 1.165) is 24.1 Å². The van der Waals surface area contributed by atoms with Gasteiger partial charge in [-0.15, -0.1) is 8.67 Å². The molecular weight excluding hydrogens is 761 g/mol. The Bertz CT molecular complexity index is 3930. The number of pyridine rings is 2. The lowest BCUT2D eigenvalue weighted by molar-refractivity contribution is -0.432. The molecule has 2 N–H and O–H groups in total. The zero-order valence-corrected chi connectivity index (χ0v) is 28.8. The molecule has 0 saturated carbocycles. The van der Waals surface area contributed by atoms with Crippen LogP contribution in [0.2, 0.25) is 0 Å². The quantitative estimate of drug-likeness (QED) is 0.0557. The molecule has 5 aromatic heterocycles. The van der Waals surface area contributed by atoms with Gasteiger partial charge in [-0.25, -0.2) is 28.9 Å². The third kappa shape index (κ3) is 3.21. The van der Waals surface area contributed by atoms with Gasteiger partial charge in [0, 0.05) is 63.7 Å². The number of fused-ring (bicyclic) bond motifs is 8. The maximum absolute atomic E-state index is 14.8. The Morgan fingerprint density at radius 2 is 1.11 bits per heavy atom. The monoisotopic (exact) mass is 772 g/mol. The Balaban J connectivity index is 1.25. The molecule has 0 saturated heterocycles. The largest absolute Gasteiger partial charge is 0.456 e. The molecule has 0 spiro atoms. The molecule has 1 aliphatic heterocycles. The molecule has 12 aromatic rings. The van der Waals surface area contributed by atoms with Crippen LogP contribution in [0.5, 0.6) is 0 Å². The number of aromatic nitrogens is 4. The van der Waals surface area contributed by atoms with E-state index < -0.39 is 15.4 Å². The highest BCUT2D eigenvalue weighted by Gasteiger charge is 2.39. The molecule has 0 bridgehead atoms. The van der Waals surface area contributed by atoms with Gasteiger partial charge < -0.3 is 4.42 Å². The molecule has 18 heteroatoms. The summed E-state index contributed by atoms with van der Waals surface area (Å²) in [5.41, 5.74) is 2.45. The smallest absolute Gasteiger partial charge is 0.264 e. The van der Waals surface area contributed by atoms with Crippen LogP contribution in [0.3, 0.4) is 0 Å². The minimum Gasteiger partial charge on any atom is -0.456 e. The van der Waals surface area contributed by atoms with Crippen molar-refractivity contribution in [1.29, 1.82) is 0 Å². The summed E-state index contributed by atoms with van der Waals surface area (Å²) in [6.07, 6.45) is 0. The lowest BCUT2D eigenvalue weighted by atomic mass is 9.86. The average Bonchev–Trinajstić information content (AvgIpc) is 3.92. The van der Waals surface area contributed by atoms with Crippen LogP contribution in [-0.2, 0) is 28.6 Å². The van der Waals surface area contributed by atoms with E-state index in [1.54, 1.807) is 48.5 Å². The molecular formula is C36H12N4O11S3. The maximum Gasteiger partial charge on any atom is 0.264 e. The second-order valence-electron chi connectivity index (χ2n) is 13.2. The fraction of sp³-hybridized carbons (Fsp3) is 0. The van der Waals surface area contributed by atoms with Gasteiger partial charge in [-0.05, 0) is 60.7 Å². The molecule has 260 valence electrons. The van der Waals surface area contributed by atoms with Crippen molar-refractivity contribution in [2.75, 3.05) is 0 Å². The standard InChI is InChI=1S/C36H12N4O11S3/c41-35-15-8-22-28-27-21(47-22)7-13-25-16(36(42)39-19-4-2-11(52-50-48-43)5-18(19)38-33(13)39)10-24-30(31(25)27)29-23(54(24,45)46)9-14(26(15)32(28)29)34-37-17-3-1-12(53-51-49-44)6-20(17)40(34)35/h1-10,43-44H. The van der Waals surface area contributed by atoms with Gasteiger partial charge in [0.15, 0.2) is 0 Å². The fourth-order valence-corrected chi connectivity index (χ4v) is 11.5. The summed E-state index contributed by atoms with van der Waals surface area (Å²) in [7, 11) is -4.21. The molecule has 0 fully saturated rings. The molecule has 54 heavy (non-hydrogen) atoms. The van der Waals surface area contributed by atoms with Gasteiger partial charge in [0.05, 0.1) is 66.7 Å². The first-order valence-electron chi connectivity index (χ1n) is 16.0. The molecule has 1 aliphatic rings. The summed E-state index contributed by atoms with van der Waals surface area (Å²) in [6.45, 7) is 0. The first-order valence-corrected chi connectivity index (χ1v) is 19.0. The van der Waals surface area contributed by atoms with Gasteiger partial charge in [0.25, 0.3) is 11.1 Å². The molecule has 15 nitrogen and oxygen atoms in total. The third-order valence-electron chi connectivity index (χ3n) is 10.9. The lowest BCUT2D eigenvalue weighted by Crippen LogP contribution is -2.14. The molecule has 13 rings (SSSR count). The van der Waals surface area contributed by atoms with Crippen LogP contribution in [0.25, 0.3) is 109 Å². The van der Waals surface area contributed by atoms with Gasteiger partial charge in [-0.1, -0.05) is 10.1 Å². The molecule has 0 radical (unpaired) electrons. The van der Waals surface area contributed by atoms with Crippen LogP contribution in [0.4, 0.5) is 0 Å². The van der Waals surface area contributed by atoms with Crippen LogP contribution in [-0.4, -0.2) is 37.7 Å². The van der Waals surface area contributed by atoms with E-state index in [1.165, 1.54) is 14.9 Å². The number of benzene rings is 7. The summed E-state index contributed by atoms with van der Waals surface area (Å²) >= 11 is 1.49. The first-order chi connectivity index (χ1) is 26.3. The Morgan fingerprint density at radius 1 is 0.574 bits per heavy atom. The number of furan rings is 1. The molecule has 0 aliphatic carbocycles. The van der Waals surface area contributed by atoms with E-state index in [4.69, 9.17) is 24.9 Å². The lowest BCUT2D eigenvalue weighted by Gasteiger charge is -2.15. The average molecular weight is 773 g/mol. The summed E-state index contributed by atoms with van der Waals surface area (Å²) < 4.78 is 48.3. The van der Waals surface area contributed by atoms with Crippen molar-refractivity contribution in [3.05, 3.63) is 81.4 Å². The Hall–Kier alpha value is -5.67. The zero-order chi connectivity index (χ0) is 36.1. The van der Waals surface area contributed by atoms with Gasteiger partial charge >= 0.3 is 0 Å². The van der Waals surface area contributed by atoms with Crippen molar-refractivity contribution in [2.45, 2.75) is 19.6 Å². The summed E-state index contributed by atoms with van der Waals surface area (Å²) in [4.78, 5) is 39.9. The van der Waals surface area contributed by atoms with Crippen LogP contribution in [0.15, 0.2) is 94.3 Å². The minimum atomic E-state index is -4.21. The maximum atomic E-state index is 14.8. The van der Waals surface area contributed by atoms with Crippen LogP contribution in [0, 0.1) is 0 Å². The van der Waals surface area contributed by atoms with Crippen molar-refractivity contribution in [3.63, 3.8) is 0 Å². The van der Waals surface area contributed by atoms with Crippen LogP contribution >= 0.6 is 24.1 Å². The van der Waals surface area contributed by atoms with Crippen LogP contribution < -0.4 is 11.1 Å². The van der Waals surface area contributed by atoms with Crippen molar-refractivity contribution in [1.82, 2.24) is 18.8 Å². The van der Waals surface area contributed by atoms with E-state index in [-0.39, 0.29) is 26.4 Å². The minimum absolute atomic E-state index is 0.00444. The summed E-state index contributed by atoms with van der Waals surface area (Å²) in [6, 6.07) is 16.6. The number of imidazole rings is 2. The topological polar surface area (TPSA) is 193 Å². The normalized spacial score (nSPS) is 14.6. The van der Waals surface area contributed by atoms with Crippen molar-refractivity contribution < 1.29 is 42.1 Å². The van der Waals surface area contributed by atoms with E-state index in [9.17, 15) is 18.0 Å². The number of rotatable bonds is 6. The third-order valence-corrected chi connectivity index (χ3v) is 13.8. The summed E-state index contributed by atoms with van der Waals surface area (Å²) in [5, 5.41) is 30.9. The molecule has 0 atom stereocenters. The Kier molecular flexibility index (Phi) is 5.24. The highest BCUT2D eigenvalue weighted by atomic mass is 32.2. The second-order valence-corrected chi connectivity index (χ2v) is 16.6. The number of nitrogens with zero attached hydrogens (tertiary/aromatic N) is 4. The predicted octanol–water partition coefficient (Wildman–Crippen LogP) is 7.43. The second kappa shape index (κ2) is 9.51. The summed E-state index contributed by atoms with van der Waals surface area (Å²) in [5.74, 6) is 0. The molecule has 6 heterocycles. The van der Waals surface area contributed by atoms with Crippen LogP contribution in [0.1, 0.15) is 0 Å². The van der Waals surface area contributed by atoms with Gasteiger partial charge in [0.2, 0.25) is 9.84 Å². The van der Waals surface area contributed by atoms with Gasteiger partial charge in [0.1, 0.15) is 22.5 Å². The molecule has 0 amide bonds. The van der Waals surface area contributed by atoms with Crippen molar-refractivity contribution in [2.24, 2.45) is 0 Å². The Morgan fingerprint density at radius 3 is 1.78 bits per heavy atom. The zero-order valence-electron chi connectivity index (χ0n) is 26.4. The van der Waals surface area contributed by atoms with Crippen molar-refractivity contribution >= 4 is 143 Å². The Labute approximate surface area is 303 Å². The number of sulfone groups is 1. The highest BCUT2D eigenvalue weighted by Crippen LogP contribution is 2.57. The van der Waals surface area contributed by atoms with E-state index in [2.05, 4.69) is 18.7 Å². The first kappa shape index (κ1) is 29.7. The molecule has 0 unspecified atom stereocenters. The SMILES string of the molecule is O=c1c2cc3c4c5c(cc6c7c(cc8oc9cc(c2c4c9c8c57)c2nc4cc(SOOO)ccc4n12)c(=O)n1c2cc(SOOO)ccc2nc61)S3(=O)=O. The van der Waals surface area contributed by atoms with Gasteiger partial charge in [-0.2, -0.15) is 0 Å². The highest BCUT2D eigenvalue weighted by molar-refractivity contribution is 7.94. The fourth-order valence-electron chi connectivity index (χ4n) is 9.02. The predicted molar refractivity (Wildman–Crippen MR) is 198 cm³/mol. The van der Waals surface area contributed by atoms with E-state index >= 15 is 0 Å². The van der Waals surface area contributed by atoms with E-state index in [0.29, 0.717) is 108 Å². The number of hydrogen-bond acceptors (Lipinski definition) is 15. The number of hydrogen-bond donors (Lipinski definition) is 2.